The lowest BCUT2D eigenvalue weighted by atomic mass is 10.2. The second-order valence-electron chi connectivity index (χ2n) is 5.28. The van der Waals surface area contributed by atoms with Crippen molar-refractivity contribution in [1.82, 2.24) is 9.80 Å². The highest BCUT2D eigenvalue weighted by molar-refractivity contribution is 8.00. The highest BCUT2D eigenvalue weighted by Gasteiger charge is 2.32. The number of likely N-dealkylation sites (N-methyl/N-ethyl adjacent to an activating group) is 1. The summed E-state index contributed by atoms with van der Waals surface area (Å²) in [4.78, 5) is 16.6. The molecular formula is C17H26N2O2S. The predicted octanol–water partition coefficient (Wildman–Crippen LogP) is 3.00. The van der Waals surface area contributed by atoms with E-state index in [0.29, 0.717) is 12.4 Å². The molecule has 122 valence electrons. The van der Waals surface area contributed by atoms with Gasteiger partial charge in [0.25, 0.3) is 0 Å². The Morgan fingerprint density at radius 3 is 2.77 bits per heavy atom. The lowest BCUT2D eigenvalue weighted by Gasteiger charge is -2.27. The van der Waals surface area contributed by atoms with Gasteiger partial charge in [0.1, 0.15) is 11.1 Å². The SMILES string of the molecule is CCOc1cccc(C2SCC(=O)N2CCN(CC)CC)c1. The van der Waals surface area contributed by atoms with E-state index in [9.17, 15) is 4.79 Å². The molecule has 1 aromatic rings. The molecule has 2 rings (SSSR count). The van der Waals surface area contributed by atoms with Crippen LogP contribution in [0, 0.1) is 0 Å². The number of ether oxygens (including phenoxy) is 1. The van der Waals surface area contributed by atoms with Crippen LogP contribution in [0.5, 0.6) is 5.75 Å². The molecular weight excluding hydrogens is 296 g/mol. The molecule has 1 unspecified atom stereocenters. The highest BCUT2D eigenvalue weighted by atomic mass is 32.2. The maximum Gasteiger partial charge on any atom is 0.233 e. The van der Waals surface area contributed by atoms with Crippen molar-refractivity contribution in [3.8, 4) is 5.75 Å². The van der Waals surface area contributed by atoms with Crippen LogP contribution in [0.25, 0.3) is 0 Å². The highest BCUT2D eigenvalue weighted by Crippen LogP contribution is 2.39. The Morgan fingerprint density at radius 1 is 1.32 bits per heavy atom. The molecule has 0 aromatic heterocycles. The molecule has 1 aliphatic heterocycles. The van der Waals surface area contributed by atoms with Crippen LogP contribution < -0.4 is 4.74 Å². The van der Waals surface area contributed by atoms with Gasteiger partial charge in [-0.2, -0.15) is 0 Å². The van der Waals surface area contributed by atoms with Crippen molar-refractivity contribution in [2.24, 2.45) is 0 Å². The molecule has 0 radical (unpaired) electrons. The van der Waals surface area contributed by atoms with Crippen LogP contribution >= 0.6 is 11.8 Å². The van der Waals surface area contributed by atoms with E-state index in [1.54, 1.807) is 11.8 Å². The minimum absolute atomic E-state index is 0.114. The molecule has 0 bridgehead atoms. The smallest absolute Gasteiger partial charge is 0.233 e. The Kier molecular flexibility index (Phi) is 6.58. The first kappa shape index (κ1) is 17.2. The van der Waals surface area contributed by atoms with E-state index in [4.69, 9.17) is 4.74 Å². The lowest BCUT2D eigenvalue weighted by Crippen LogP contribution is -2.37. The fourth-order valence-electron chi connectivity index (χ4n) is 2.69. The van der Waals surface area contributed by atoms with Gasteiger partial charge in [0, 0.05) is 13.1 Å². The topological polar surface area (TPSA) is 32.8 Å². The van der Waals surface area contributed by atoms with Crippen molar-refractivity contribution in [1.29, 1.82) is 0 Å². The number of hydrogen-bond acceptors (Lipinski definition) is 4. The second-order valence-corrected chi connectivity index (χ2v) is 6.35. The monoisotopic (exact) mass is 322 g/mol. The summed E-state index contributed by atoms with van der Waals surface area (Å²) in [6.07, 6.45) is 0. The zero-order chi connectivity index (χ0) is 15.9. The number of amides is 1. The van der Waals surface area contributed by atoms with Crippen LogP contribution in [-0.2, 0) is 4.79 Å². The number of carbonyl (C=O) groups is 1. The van der Waals surface area contributed by atoms with Gasteiger partial charge in [-0.25, -0.2) is 0 Å². The van der Waals surface area contributed by atoms with Gasteiger partial charge in [0.05, 0.1) is 12.4 Å². The fourth-order valence-corrected chi connectivity index (χ4v) is 3.89. The minimum Gasteiger partial charge on any atom is -0.494 e. The van der Waals surface area contributed by atoms with Crippen molar-refractivity contribution < 1.29 is 9.53 Å². The van der Waals surface area contributed by atoms with Crippen LogP contribution in [0.1, 0.15) is 31.7 Å². The molecule has 1 fully saturated rings. The Balaban J connectivity index is 2.08. The lowest BCUT2D eigenvalue weighted by molar-refractivity contribution is -0.128. The standard InChI is InChI=1S/C17H26N2O2S/c1-4-18(5-2)10-11-19-16(20)13-22-17(19)14-8-7-9-15(12-14)21-6-3/h7-9,12,17H,4-6,10-11,13H2,1-3H3. The summed E-state index contributed by atoms with van der Waals surface area (Å²) < 4.78 is 5.58. The fraction of sp³-hybridized carbons (Fsp3) is 0.588. The first-order valence-corrected chi connectivity index (χ1v) is 9.10. The van der Waals surface area contributed by atoms with Crippen molar-refractivity contribution in [3.05, 3.63) is 29.8 Å². The Labute approximate surface area is 137 Å². The zero-order valence-electron chi connectivity index (χ0n) is 13.7. The first-order chi connectivity index (χ1) is 10.7. The number of carbonyl (C=O) groups excluding carboxylic acids is 1. The van der Waals surface area contributed by atoms with E-state index in [0.717, 1.165) is 37.5 Å². The number of nitrogens with zero attached hydrogens (tertiary/aromatic N) is 2. The molecule has 22 heavy (non-hydrogen) atoms. The minimum atomic E-state index is 0.114. The molecule has 0 N–H and O–H groups in total. The van der Waals surface area contributed by atoms with Crippen LogP contribution in [-0.4, -0.2) is 54.2 Å². The van der Waals surface area contributed by atoms with E-state index in [1.165, 1.54) is 0 Å². The number of thioether (sulfide) groups is 1. The summed E-state index contributed by atoms with van der Waals surface area (Å²) >= 11 is 1.71. The molecule has 0 spiro atoms. The summed E-state index contributed by atoms with van der Waals surface area (Å²) in [5.41, 5.74) is 1.15. The maximum absolute atomic E-state index is 12.2. The molecule has 1 saturated heterocycles. The van der Waals surface area contributed by atoms with Gasteiger partial charge in [-0.15, -0.1) is 11.8 Å². The average molecular weight is 322 g/mol. The normalized spacial score (nSPS) is 18.3. The molecule has 0 aliphatic carbocycles. The average Bonchev–Trinajstić information content (AvgIpc) is 2.90. The molecule has 1 aromatic carbocycles. The summed E-state index contributed by atoms with van der Waals surface area (Å²) in [7, 11) is 0. The number of hydrogen-bond donors (Lipinski definition) is 0. The largest absolute Gasteiger partial charge is 0.494 e. The Bertz CT molecular complexity index is 491. The van der Waals surface area contributed by atoms with Crippen LogP contribution in [0.4, 0.5) is 0 Å². The second kappa shape index (κ2) is 8.44. The molecule has 4 nitrogen and oxygen atoms in total. The first-order valence-electron chi connectivity index (χ1n) is 8.05. The summed E-state index contributed by atoms with van der Waals surface area (Å²) in [5.74, 6) is 1.69. The molecule has 5 heteroatoms. The van der Waals surface area contributed by atoms with Gasteiger partial charge in [-0.1, -0.05) is 26.0 Å². The van der Waals surface area contributed by atoms with Gasteiger partial charge in [0.15, 0.2) is 0 Å². The van der Waals surface area contributed by atoms with Crippen molar-refractivity contribution in [3.63, 3.8) is 0 Å². The third-order valence-corrected chi connectivity index (χ3v) is 5.23. The zero-order valence-corrected chi connectivity index (χ0v) is 14.6. The molecule has 1 amide bonds. The summed E-state index contributed by atoms with van der Waals surface area (Å²) in [6.45, 7) is 10.7. The summed E-state index contributed by atoms with van der Waals surface area (Å²) in [5, 5.41) is 0.114. The third-order valence-electron chi connectivity index (χ3n) is 3.97. The van der Waals surface area contributed by atoms with E-state index in [1.807, 2.05) is 24.0 Å². The molecule has 1 aliphatic rings. The van der Waals surface area contributed by atoms with Crippen molar-refractivity contribution in [2.75, 3.05) is 38.5 Å². The van der Waals surface area contributed by atoms with E-state index in [2.05, 4.69) is 30.9 Å². The van der Waals surface area contributed by atoms with Crippen molar-refractivity contribution >= 4 is 17.7 Å². The van der Waals surface area contributed by atoms with Crippen LogP contribution in [0.2, 0.25) is 0 Å². The van der Waals surface area contributed by atoms with E-state index >= 15 is 0 Å². The summed E-state index contributed by atoms with van der Waals surface area (Å²) in [6, 6.07) is 8.12. The quantitative estimate of drug-likeness (QED) is 0.736. The third kappa shape index (κ3) is 4.17. The molecule has 1 atom stereocenters. The van der Waals surface area contributed by atoms with E-state index in [-0.39, 0.29) is 11.3 Å². The van der Waals surface area contributed by atoms with Gasteiger partial charge in [-0.05, 0) is 37.7 Å². The number of rotatable bonds is 8. The van der Waals surface area contributed by atoms with Gasteiger partial charge >= 0.3 is 0 Å². The Morgan fingerprint density at radius 2 is 2.09 bits per heavy atom. The molecule has 0 saturated carbocycles. The van der Waals surface area contributed by atoms with Gasteiger partial charge in [0.2, 0.25) is 5.91 Å². The van der Waals surface area contributed by atoms with Gasteiger partial charge < -0.3 is 14.5 Å². The Hall–Kier alpha value is -1.20. The number of benzene rings is 1. The van der Waals surface area contributed by atoms with Crippen molar-refractivity contribution in [2.45, 2.75) is 26.1 Å². The van der Waals surface area contributed by atoms with Crippen LogP contribution in [0.3, 0.4) is 0 Å². The van der Waals surface area contributed by atoms with E-state index < -0.39 is 0 Å². The van der Waals surface area contributed by atoms with Crippen LogP contribution in [0.15, 0.2) is 24.3 Å². The maximum atomic E-state index is 12.2. The molecule has 1 heterocycles. The predicted molar refractivity (Wildman–Crippen MR) is 92.3 cm³/mol. The van der Waals surface area contributed by atoms with Gasteiger partial charge in [-0.3, -0.25) is 4.79 Å².